The molecule has 2 amide bonds. The Morgan fingerprint density at radius 1 is 1.17 bits per heavy atom. The first-order valence-corrected chi connectivity index (χ1v) is 7.49. The van der Waals surface area contributed by atoms with Crippen molar-refractivity contribution < 1.29 is 14.0 Å². The van der Waals surface area contributed by atoms with E-state index in [1.807, 2.05) is 31.2 Å². The molecule has 0 unspecified atom stereocenters. The minimum absolute atomic E-state index is 0.0471. The van der Waals surface area contributed by atoms with E-state index in [4.69, 9.17) is 0 Å². The van der Waals surface area contributed by atoms with Gasteiger partial charge >= 0.3 is 0 Å². The van der Waals surface area contributed by atoms with Crippen LogP contribution in [-0.2, 0) is 4.79 Å². The molecule has 0 aliphatic carbocycles. The van der Waals surface area contributed by atoms with Crippen molar-refractivity contribution in [1.82, 2.24) is 5.32 Å². The third-order valence-electron chi connectivity index (χ3n) is 3.97. The number of anilines is 1. The second-order valence-corrected chi connectivity index (χ2v) is 5.62. The number of benzene rings is 2. The van der Waals surface area contributed by atoms with E-state index in [0.29, 0.717) is 13.0 Å². The van der Waals surface area contributed by atoms with Gasteiger partial charge in [0.15, 0.2) is 0 Å². The van der Waals surface area contributed by atoms with Gasteiger partial charge in [-0.15, -0.1) is 0 Å². The van der Waals surface area contributed by atoms with Crippen LogP contribution in [0.1, 0.15) is 22.3 Å². The predicted octanol–water partition coefficient (Wildman–Crippen LogP) is 2.67. The van der Waals surface area contributed by atoms with E-state index in [2.05, 4.69) is 5.32 Å². The largest absolute Gasteiger partial charge is 0.340 e. The molecule has 1 aliphatic rings. The average Bonchev–Trinajstić information content (AvgIpc) is 2.89. The highest BCUT2D eigenvalue weighted by molar-refractivity contribution is 6.03. The zero-order valence-corrected chi connectivity index (χ0v) is 12.8. The van der Waals surface area contributed by atoms with Crippen molar-refractivity contribution in [2.75, 3.05) is 11.4 Å². The predicted molar refractivity (Wildman–Crippen MR) is 85.8 cm³/mol. The number of nitrogens with one attached hydrogen (secondary N) is 1. The second-order valence-electron chi connectivity index (χ2n) is 5.62. The summed E-state index contributed by atoms with van der Waals surface area (Å²) in [5.74, 6) is -1.32. The van der Waals surface area contributed by atoms with Gasteiger partial charge in [0, 0.05) is 12.2 Å². The molecule has 0 aromatic heterocycles. The summed E-state index contributed by atoms with van der Waals surface area (Å²) in [6.07, 6.45) is 0.507. The van der Waals surface area contributed by atoms with Crippen LogP contribution < -0.4 is 10.2 Å². The van der Waals surface area contributed by atoms with Gasteiger partial charge in [0.2, 0.25) is 5.91 Å². The summed E-state index contributed by atoms with van der Waals surface area (Å²) >= 11 is 0. The molecule has 5 heteroatoms. The van der Waals surface area contributed by atoms with Crippen molar-refractivity contribution in [3.63, 3.8) is 0 Å². The summed E-state index contributed by atoms with van der Waals surface area (Å²) in [6.45, 7) is 2.51. The molecule has 1 aliphatic heterocycles. The quantitative estimate of drug-likeness (QED) is 0.947. The molecule has 118 valence electrons. The minimum Gasteiger partial charge on any atom is -0.340 e. The first-order valence-electron chi connectivity index (χ1n) is 7.49. The Hall–Kier alpha value is -2.69. The number of amides is 2. The van der Waals surface area contributed by atoms with Crippen LogP contribution in [0.4, 0.5) is 10.1 Å². The van der Waals surface area contributed by atoms with Crippen molar-refractivity contribution in [2.24, 2.45) is 0 Å². The van der Waals surface area contributed by atoms with Gasteiger partial charge < -0.3 is 10.2 Å². The number of hydrogen-bond acceptors (Lipinski definition) is 2. The maximum Gasteiger partial charge on any atom is 0.254 e. The fraction of sp³-hybridized carbons (Fsp3) is 0.222. The van der Waals surface area contributed by atoms with Crippen LogP contribution >= 0.6 is 0 Å². The lowest BCUT2D eigenvalue weighted by molar-refractivity contribution is -0.118. The number of rotatable bonds is 3. The van der Waals surface area contributed by atoms with Crippen molar-refractivity contribution in [2.45, 2.75) is 19.4 Å². The number of carbonyl (C=O) groups excluding carboxylic acids is 2. The smallest absolute Gasteiger partial charge is 0.254 e. The van der Waals surface area contributed by atoms with Crippen LogP contribution in [0, 0.1) is 12.7 Å². The molecule has 2 aromatic rings. The Kier molecular flexibility index (Phi) is 4.10. The lowest BCUT2D eigenvalue weighted by Crippen LogP contribution is -2.41. The molecule has 0 radical (unpaired) electrons. The number of halogens is 1. The van der Waals surface area contributed by atoms with Crippen molar-refractivity contribution in [3.8, 4) is 0 Å². The van der Waals surface area contributed by atoms with Gasteiger partial charge in [-0.1, -0.05) is 29.8 Å². The summed E-state index contributed by atoms with van der Waals surface area (Å²) in [6, 6.07) is 12.8. The summed E-state index contributed by atoms with van der Waals surface area (Å²) < 4.78 is 13.6. The van der Waals surface area contributed by atoms with Gasteiger partial charge in [-0.3, -0.25) is 9.59 Å². The highest BCUT2D eigenvalue weighted by Crippen LogP contribution is 2.22. The Bertz CT molecular complexity index is 743. The van der Waals surface area contributed by atoms with Crippen molar-refractivity contribution >= 4 is 17.5 Å². The maximum atomic E-state index is 13.6. The van der Waals surface area contributed by atoms with E-state index in [-0.39, 0.29) is 11.5 Å². The molecule has 1 heterocycles. The molecule has 1 N–H and O–H groups in total. The Morgan fingerprint density at radius 3 is 2.57 bits per heavy atom. The Labute approximate surface area is 133 Å². The molecule has 4 nitrogen and oxygen atoms in total. The summed E-state index contributed by atoms with van der Waals surface area (Å²) in [4.78, 5) is 26.2. The third kappa shape index (κ3) is 3.08. The van der Waals surface area contributed by atoms with Gasteiger partial charge in [-0.2, -0.15) is 0 Å². The molecular weight excluding hydrogens is 295 g/mol. The van der Waals surface area contributed by atoms with Crippen LogP contribution in [0.25, 0.3) is 0 Å². The van der Waals surface area contributed by atoms with Crippen LogP contribution in [0.2, 0.25) is 0 Å². The van der Waals surface area contributed by atoms with E-state index in [1.54, 1.807) is 11.0 Å². The standard InChI is InChI=1S/C18H17FN2O2/c1-12-6-8-13(9-7-12)21-11-10-16(18(21)23)20-17(22)14-4-2-3-5-15(14)19/h2-9,16H,10-11H2,1H3,(H,20,22)/t16-/m1/s1. The van der Waals surface area contributed by atoms with Gasteiger partial charge in [0.25, 0.3) is 5.91 Å². The van der Waals surface area contributed by atoms with E-state index in [9.17, 15) is 14.0 Å². The molecule has 0 saturated carbocycles. The molecule has 23 heavy (non-hydrogen) atoms. The lowest BCUT2D eigenvalue weighted by atomic mass is 10.1. The van der Waals surface area contributed by atoms with E-state index in [0.717, 1.165) is 11.3 Å². The van der Waals surface area contributed by atoms with Gasteiger partial charge in [0.05, 0.1) is 5.56 Å². The number of aryl methyl sites for hydroxylation is 1. The Morgan fingerprint density at radius 2 is 1.87 bits per heavy atom. The molecule has 2 aromatic carbocycles. The first kappa shape index (κ1) is 15.2. The molecule has 1 fully saturated rings. The van der Waals surface area contributed by atoms with Gasteiger partial charge in [0.1, 0.15) is 11.9 Å². The first-order chi connectivity index (χ1) is 11.1. The fourth-order valence-corrected chi connectivity index (χ4v) is 2.68. The van der Waals surface area contributed by atoms with Crippen LogP contribution in [-0.4, -0.2) is 24.4 Å². The molecule has 3 rings (SSSR count). The number of nitrogens with zero attached hydrogens (tertiary/aromatic N) is 1. The average molecular weight is 312 g/mol. The SMILES string of the molecule is Cc1ccc(N2CC[C@@H](NC(=O)c3ccccc3F)C2=O)cc1. The van der Waals surface area contributed by atoms with E-state index in [1.165, 1.54) is 18.2 Å². The van der Waals surface area contributed by atoms with E-state index < -0.39 is 17.8 Å². The molecule has 1 atom stereocenters. The zero-order valence-electron chi connectivity index (χ0n) is 12.8. The number of hydrogen-bond donors (Lipinski definition) is 1. The normalized spacial score (nSPS) is 17.4. The van der Waals surface area contributed by atoms with E-state index >= 15 is 0 Å². The highest BCUT2D eigenvalue weighted by atomic mass is 19.1. The molecule has 0 spiro atoms. The summed E-state index contributed by atoms with van der Waals surface area (Å²) in [5.41, 5.74) is 1.88. The van der Waals surface area contributed by atoms with Gasteiger partial charge in [-0.25, -0.2) is 4.39 Å². The highest BCUT2D eigenvalue weighted by Gasteiger charge is 2.34. The monoisotopic (exact) mass is 312 g/mol. The maximum absolute atomic E-state index is 13.6. The summed E-state index contributed by atoms with van der Waals surface area (Å²) in [7, 11) is 0. The van der Waals surface area contributed by atoms with Crippen LogP contribution in [0.15, 0.2) is 48.5 Å². The van der Waals surface area contributed by atoms with Crippen LogP contribution in [0.5, 0.6) is 0 Å². The molecular formula is C18H17FN2O2. The Balaban J connectivity index is 1.71. The van der Waals surface area contributed by atoms with Crippen molar-refractivity contribution in [3.05, 3.63) is 65.5 Å². The topological polar surface area (TPSA) is 49.4 Å². The molecule has 1 saturated heterocycles. The fourth-order valence-electron chi connectivity index (χ4n) is 2.68. The van der Waals surface area contributed by atoms with Crippen LogP contribution in [0.3, 0.4) is 0 Å². The second kappa shape index (κ2) is 6.20. The lowest BCUT2D eigenvalue weighted by Gasteiger charge is -2.17. The summed E-state index contributed by atoms with van der Waals surface area (Å²) in [5, 5.41) is 2.63. The zero-order chi connectivity index (χ0) is 16.4. The molecule has 0 bridgehead atoms. The minimum atomic E-state index is -0.622. The third-order valence-corrected chi connectivity index (χ3v) is 3.97. The number of carbonyl (C=O) groups is 2. The van der Waals surface area contributed by atoms with Gasteiger partial charge in [-0.05, 0) is 37.6 Å². The van der Waals surface area contributed by atoms with Crippen molar-refractivity contribution in [1.29, 1.82) is 0 Å².